The molecule has 0 aliphatic carbocycles. The first-order valence-electron chi connectivity index (χ1n) is 10.4. The molecule has 1 N–H and O–H groups in total. The quantitative estimate of drug-likeness (QED) is 0.674. The predicted molar refractivity (Wildman–Crippen MR) is 112 cm³/mol. The monoisotopic (exact) mass is 376 g/mol. The fraction of sp³-hybridized carbons (Fsp3) is 0.417. The first kappa shape index (κ1) is 17.6. The van der Waals surface area contributed by atoms with Crippen LogP contribution in [0, 0.1) is 5.92 Å². The molecule has 3 heterocycles. The number of fused-ring (bicyclic) bond motifs is 3. The summed E-state index contributed by atoms with van der Waals surface area (Å²) in [5.41, 5.74) is 5.49. The SMILES string of the molecule is CC(C)CN1CCc2cc3c(cc2C1CCc1c[nH]c2ccccc12)OCO3. The summed E-state index contributed by atoms with van der Waals surface area (Å²) in [6, 6.07) is 13.5. The number of aromatic amines is 1. The van der Waals surface area contributed by atoms with Gasteiger partial charge in [0.1, 0.15) is 0 Å². The molecule has 0 bridgehead atoms. The molecule has 0 spiro atoms. The summed E-state index contributed by atoms with van der Waals surface area (Å²) >= 11 is 0. The normalized spacial score (nSPS) is 18.8. The van der Waals surface area contributed by atoms with Crippen LogP contribution in [0.2, 0.25) is 0 Å². The van der Waals surface area contributed by atoms with E-state index in [0.717, 1.165) is 43.9 Å². The van der Waals surface area contributed by atoms with E-state index in [2.05, 4.69) is 66.3 Å². The second-order valence-corrected chi connectivity index (χ2v) is 8.46. The van der Waals surface area contributed by atoms with Gasteiger partial charge in [-0.15, -0.1) is 0 Å². The van der Waals surface area contributed by atoms with Crippen molar-refractivity contribution in [3.63, 3.8) is 0 Å². The molecule has 28 heavy (non-hydrogen) atoms. The molecule has 0 fully saturated rings. The van der Waals surface area contributed by atoms with E-state index in [1.165, 1.54) is 27.6 Å². The van der Waals surface area contributed by atoms with Crippen LogP contribution in [-0.4, -0.2) is 29.8 Å². The second kappa shape index (κ2) is 7.17. The summed E-state index contributed by atoms with van der Waals surface area (Å²) in [5.74, 6) is 2.47. The lowest BCUT2D eigenvalue weighted by Crippen LogP contribution is -2.38. The van der Waals surface area contributed by atoms with Crippen LogP contribution in [0.3, 0.4) is 0 Å². The van der Waals surface area contributed by atoms with Crippen molar-refractivity contribution >= 4 is 10.9 Å². The highest BCUT2D eigenvalue weighted by molar-refractivity contribution is 5.83. The van der Waals surface area contributed by atoms with E-state index < -0.39 is 0 Å². The third-order valence-electron chi connectivity index (χ3n) is 6.06. The van der Waals surface area contributed by atoms with Crippen molar-refractivity contribution in [1.29, 1.82) is 0 Å². The molecule has 1 unspecified atom stereocenters. The van der Waals surface area contributed by atoms with Gasteiger partial charge in [0.2, 0.25) is 6.79 Å². The minimum atomic E-state index is 0.341. The predicted octanol–water partition coefficient (Wildman–Crippen LogP) is 5.08. The van der Waals surface area contributed by atoms with Gasteiger partial charge in [0.15, 0.2) is 11.5 Å². The molecular weight excluding hydrogens is 348 g/mol. The number of hydrogen-bond acceptors (Lipinski definition) is 3. The Balaban J connectivity index is 1.45. The Labute approximate surface area is 166 Å². The molecular formula is C24H28N2O2. The van der Waals surface area contributed by atoms with Crippen LogP contribution in [0.1, 0.15) is 43.0 Å². The van der Waals surface area contributed by atoms with E-state index in [-0.39, 0.29) is 0 Å². The van der Waals surface area contributed by atoms with Crippen LogP contribution in [0.5, 0.6) is 11.5 Å². The van der Waals surface area contributed by atoms with E-state index in [1.54, 1.807) is 0 Å². The fourth-order valence-corrected chi connectivity index (χ4v) is 4.80. The number of nitrogens with zero attached hydrogens (tertiary/aromatic N) is 1. The number of ether oxygens (including phenoxy) is 2. The third-order valence-corrected chi connectivity index (χ3v) is 6.06. The van der Waals surface area contributed by atoms with Gasteiger partial charge in [0.05, 0.1) is 0 Å². The zero-order valence-corrected chi connectivity index (χ0v) is 16.7. The van der Waals surface area contributed by atoms with Crippen molar-refractivity contribution < 1.29 is 9.47 Å². The Hall–Kier alpha value is -2.46. The highest BCUT2D eigenvalue weighted by Gasteiger charge is 2.30. The minimum absolute atomic E-state index is 0.341. The lowest BCUT2D eigenvalue weighted by atomic mass is 9.88. The second-order valence-electron chi connectivity index (χ2n) is 8.46. The first-order chi connectivity index (χ1) is 13.7. The summed E-state index contributed by atoms with van der Waals surface area (Å²) in [7, 11) is 0. The average molecular weight is 377 g/mol. The van der Waals surface area contributed by atoms with Crippen LogP contribution >= 0.6 is 0 Å². The molecule has 0 saturated carbocycles. The molecule has 0 amide bonds. The fourth-order valence-electron chi connectivity index (χ4n) is 4.80. The van der Waals surface area contributed by atoms with Crippen molar-refractivity contribution in [2.45, 2.75) is 39.2 Å². The zero-order chi connectivity index (χ0) is 19.1. The van der Waals surface area contributed by atoms with E-state index in [9.17, 15) is 0 Å². The first-order valence-corrected chi connectivity index (χ1v) is 10.4. The number of para-hydroxylation sites is 1. The van der Waals surface area contributed by atoms with Gasteiger partial charge in [-0.25, -0.2) is 0 Å². The van der Waals surface area contributed by atoms with E-state index in [1.807, 2.05) is 0 Å². The van der Waals surface area contributed by atoms with Crippen molar-refractivity contribution in [2.24, 2.45) is 5.92 Å². The molecule has 3 aromatic rings. The van der Waals surface area contributed by atoms with Gasteiger partial charge in [0, 0.05) is 36.2 Å². The Morgan fingerprint density at radius 3 is 2.82 bits per heavy atom. The van der Waals surface area contributed by atoms with Crippen molar-refractivity contribution in [2.75, 3.05) is 19.9 Å². The lowest BCUT2D eigenvalue weighted by Gasteiger charge is -2.38. The number of rotatable bonds is 5. The maximum Gasteiger partial charge on any atom is 0.231 e. The Morgan fingerprint density at radius 1 is 1.14 bits per heavy atom. The van der Waals surface area contributed by atoms with E-state index in [0.29, 0.717) is 18.8 Å². The van der Waals surface area contributed by atoms with Crippen molar-refractivity contribution in [1.82, 2.24) is 9.88 Å². The van der Waals surface area contributed by atoms with Crippen LogP contribution in [0.4, 0.5) is 0 Å². The Morgan fingerprint density at radius 2 is 1.96 bits per heavy atom. The molecule has 4 nitrogen and oxygen atoms in total. The van der Waals surface area contributed by atoms with E-state index in [4.69, 9.17) is 9.47 Å². The van der Waals surface area contributed by atoms with Crippen LogP contribution in [-0.2, 0) is 12.8 Å². The summed E-state index contributed by atoms with van der Waals surface area (Å²) in [6.07, 6.45) is 5.45. The topological polar surface area (TPSA) is 37.5 Å². The van der Waals surface area contributed by atoms with E-state index >= 15 is 0 Å². The summed E-state index contributed by atoms with van der Waals surface area (Å²) in [5, 5.41) is 1.35. The molecule has 1 aromatic heterocycles. The van der Waals surface area contributed by atoms with Crippen LogP contribution < -0.4 is 9.47 Å². The average Bonchev–Trinajstić information content (AvgIpc) is 3.31. The molecule has 2 aliphatic rings. The third kappa shape index (κ3) is 3.16. The summed E-state index contributed by atoms with van der Waals surface area (Å²) in [4.78, 5) is 6.09. The standard InChI is InChI=1S/C24H28N2O2/c1-16(2)14-26-10-9-17-11-23-24(28-15-27-23)12-20(17)22(26)8-7-18-13-25-21-6-4-3-5-19(18)21/h3-6,11-13,16,22,25H,7-10,14-15H2,1-2H3. The van der Waals surface area contributed by atoms with Crippen molar-refractivity contribution in [3.05, 3.63) is 59.3 Å². The molecule has 5 rings (SSSR count). The minimum Gasteiger partial charge on any atom is -0.454 e. The number of nitrogens with one attached hydrogen (secondary N) is 1. The van der Waals surface area contributed by atoms with Crippen LogP contribution in [0.15, 0.2) is 42.6 Å². The van der Waals surface area contributed by atoms with Gasteiger partial charge in [0.25, 0.3) is 0 Å². The van der Waals surface area contributed by atoms with Gasteiger partial charge >= 0.3 is 0 Å². The lowest BCUT2D eigenvalue weighted by molar-refractivity contribution is 0.156. The van der Waals surface area contributed by atoms with Crippen LogP contribution in [0.25, 0.3) is 10.9 Å². The maximum absolute atomic E-state index is 5.69. The van der Waals surface area contributed by atoms with Crippen molar-refractivity contribution in [3.8, 4) is 11.5 Å². The summed E-state index contributed by atoms with van der Waals surface area (Å²) < 4.78 is 11.3. The largest absolute Gasteiger partial charge is 0.454 e. The molecule has 0 radical (unpaired) electrons. The molecule has 2 aliphatic heterocycles. The zero-order valence-electron chi connectivity index (χ0n) is 16.7. The molecule has 4 heteroatoms. The maximum atomic E-state index is 5.69. The van der Waals surface area contributed by atoms with Gasteiger partial charge in [-0.2, -0.15) is 0 Å². The Bertz CT molecular complexity index is 991. The number of hydrogen-bond donors (Lipinski definition) is 1. The molecule has 1 atom stereocenters. The summed E-state index contributed by atoms with van der Waals surface area (Å²) in [6.45, 7) is 7.21. The van der Waals surface area contributed by atoms with Gasteiger partial charge in [-0.3, -0.25) is 4.90 Å². The molecule has 2 aromatic carbocycles. The Kier molecular flexibility index (Phi) is 4.52. The highest BCUT2D eigenvalue weighted by atomic mass is 16.7. The smallest absolute Gasteiger partial charge is 0.231 e. The molecule has 0 saturated heterocycles. The highest BCUT2D eigenvalue weighted by Crippen LogP contribution is 2.42. The molecule has 146 valence electrons. The van der Waals surface area contributed by atoms with Gasteiger partial charge < -0.3 is 14.5 Å². The van der Waals surface area contributed by atoms with Gasteiger partial charge in [-0.1, -0.05) is 32.0 Å². The number of aromatic nitrogens is 1. The number of benzene rings is 2. The number of H-pyrrole nitrogens is 1. The van der Waals surface area contributed by atoms with Gasteiger partial charge in [-0.05, 0) is 60.1 Å². The number of aryl methyl sites for hydroxylation is 1.